The quantitative estimate of drug-likeness (QED) is 0.390. The second-order valence-corrected chi connectivity index (χ2v) is 10.6. The van der Waals surface area contributed by atoms with E-state index in [4.69, 9.17) is 4.74 Å². The fourth-order valence-electron chi connectivity index (χ4n) is 6.63. The standard InChI is InChI=1S/C24H26N2O3S/c1-26-19-4-2-3-5-21(19)30-23(26)18(13-25)20(27)14-29-22(28)12-24-9-15-6-16(10-24)8-17(7-15)11-24/h2-5,15-17H,6-12,14H2,1H3/b23-18-. The number of esters is 1. The molecule has 0 unspecified atom stereocenters. The molecule has 0 radical (unpaired) electrons. The number of rotatable bonds is 5. The number of hydrogen-bond donors (Lipinski definition) is 0. The van der Waals surface area contributed by atoms with Crippen molar-refractivity contribution in [2.45, 2.75) is 49.8 Å². The summed E-state index contributed by atoms with van der Waals surface area (Å²) in [5, 5.41) is 10.2. The van der Waals surface area contributed by atoms with Crippen LogP contribution in [-0.4, -0.2) is 25.4 Å². The summed E-state index contributed by atoms with van der Waals surface area (Å²) in [6, 6.07) is 9.82. The van der Waals surface area contributed by atoms with E-state index in [0.717, 1.165) is 47.6 Å². The van der Waals surface area contributed by atoms with E-state index in [1.54, 1.807) is 0 Å². The van der Waals surface area contributed by atoms with Crippen molar-refractivity contribution >= 4 is 29.2 Å². The molecule has 0 spiro atoms. The molecule has 4 fully saturated rings. The van der Waals surface area contributed by atoms with Crippen molar-refractivity contribution in [3.63, 3.8) is 0 Å². The smallest absolute Gasteiger partial charge is 0.306 e. The molecule has 6 rings (SSSR count). The lowest BCUT2D eigenvalue weighted by Crippen LogP contribution is -2.47. The van der Waals surface area contributed by atoms with Gasteiger partial charge in [-0.25, -0.2) is 0 Å². The van der Waals surface area contributed by atoms with Crippen molar-refractivity contribution in [3.05, 3.63) is 34.9 Å². The van der Waals surface area contributed by atoms with Crippen molar-refractivity contribution in [3.8, 4) is 6.07 Å². The molecule has 4 aliphatic carbocycles. The normalized spacial score (nSPS) is 32.5. The molecule has 0 amide bonds. The SMILES string of the molecule is CN1/C(=C(\C#N)C(=O)COC(=O)CC23CC4CC(CC(C4)C2)C3)Sc2ccccc21. The third-order valence-corrected chi connectivity index (χ3v) is 8.63. The summed E-state index contributed by atoms with van der Waals surface area (Å²) < 4.78 is 5.40. The van der Waals surface area contributed by atoms with Crippen LogP contribution in [0.25, 0.3) is 0 Å². The number of ketones is 1. The van der Waals surface area contributed by atoms with Crippen molar-refractivity contribution in [2.24, 2.45) is 23.2 Å². The molecule has 1 aromatic rings. The van der Waals surface area contributed by atoms with E-state index in [1.807, 2.05) is 42.3 Å². The molecule has 30 heavy (non-hydrogen) atoms. The maximum absolute atomic E-state index is 12.7. The number of anilines is 1. The largest absolute Gasteiger partial charge is 0.457 e. The molecule has 1 heterocycles. The zero-order chi connectivity index (χ0) is 20.9. The Bertz CT molecular complexity index is 942. The molecule has 0 saturated heterocycles. The minimum atomic E-state index is -0.432. The molecule has 5 aliphatic rings. The van der Waals surface area contributed by atoms with Crippen LogP contribution in [0.15, 0.2) is 39.8 Å². The van der Waals surface area contributed by atoms with Crippen LogP contribution in [0, 0.1) is 34.5 Å². The first-order chi connectivity index (χ1) is 14.5. The van der Waals surface area contributed by atoms with Gasteiger partial charge in [0, 0.05) is 11.9 Å². The van der Waals surface area contributed by atoms with Crippen LogP contribution in [0.2, 0.25) is 0 Å². The molecule has 6 heteroatoms. The lowest BCUT2D eigenvalue weighted by molar-refractivity contribution is -0.154. The van der Waals surface area contributed by atoms with Crippen LogP contribution >= 0.6 is 11.8 Å². The minimum Gasteiger partial charge on any atom is -0.457 e. The first kappa shape index (κ1) is 19.7. The summed E-state index contributed by atoms with van der Waals surface area (Å²) >= 11 is 1.41. The van der Waals surface area contributed by atoms with Gasteiger partial charge in [-0.3, -0.25) is 9.59 Å². The molecule has 5 nitrogen and oxygen atoms in total. The van der Waals surface area contributed by atoms with Gasteiger partial charge >= 0.3 is 5.97 Å². The number of nitrogens with zero attached hydrogens (tertiary/aromatic N) is 2. The predicted octanol–water partition coefficient (Wildman–Crippen LogP) is 4.68. The van der Waals surface area contributed by atoms with Crippen molar-refractivity contribution < 1.29 is 14.3 Å². The van der Waals surface area contributed by atoms with E-state index >= 15 is 0 Å². The number of carbonyl (C=O) groups excluding carboxylic acids is 2. The van der Waals surface area contributed by atoms with Gasteiger partial charge in [0.05, 0.1) is 12.1 Å². The lowest BCUT2D eigenvalue weighted by Gasteiger charge is -2.56. The summed E-state index contributed by atoms with van der Waals surface area (Å²) in [7, 11) is 1.85. The zero-order valence-corrected chi connectivity index (χ0v) is 18.0. The Kier molecular flexibility index (Phi) is 4.89. The molecule has 4 saturated carbocycles. The van der Waals surface area contributed by atoms with Gasteiger partial charge in [-0.05, 0) is 73.8 Å². The number of para-hydroxylation sites is 1. The Balaban J connectivity index is 1.23. The Morgan fingerprint density at radius 3 is 2.40 bits per heavy atom. The van der Waals surface area contributed by atoms with Gasteiger partial charge in [0.15, 0.2) is 6.61 Å². The Morgan fingerprint density at radius 1 is 1.17 bits per heavy atom. The van der Waals surface area contributed by atoms with Gasteiger partial charge in [0.25, 0.3) is 0 Å². The molecule has 1 aliphatic heterocycles. The highest BCUT2D eigenvalue weighted by atomic mass is 32.2. The molecule has 0 aromatic heterocycles. The van der Waals surface area contributed by atoms with E-state index in [0.29, 0.717) is 11.4 Å². The fourth-order valence-corrected chi connectivity index (χ4v) is 7.79. The number of thioether (sulfide) groups is 1. The van der Waals surface area contributed by atoms with Crippen LogP contribution in [0.1, 0.15) is 44.9 Å². The fraction of sp³-hybridized carbons (Fsp3) is 0.542. The van der Waals surface area contributed by atoms with Gasteiger partial charge in [0.1, 0.15) is 16.7 Å². The number of hydrogen-bond acceptors (Lipinski definition) is 6. The van der Waals surface area contributed by atoms with Crippen LogP contribution < -0.4 is 4.90 Å². The first-order valence-corrected chi connectivity index (χ1v) is 11.6. The third kappa shape index (κ3) is 3.43. The number of Topliss-reactive ketones (excluding diaryl/α,β-unsaturated/α-hetero) is 1. The molecule has 156 valence electrons. The average molecular weight is 423 g/mol. The van der Waals surface area contributed by atoms with Crippen LogP contribution in [-0.2, 0) is 14.3 Å². The second-order valence-electron chi connectivity index (χ2n) is 9.60. The summed E-state index contributed by atoms with van der Waals surface area (Å²) in [4.78, 5) is 28.2. The molecule has 4 bridgehead atoms. The maximum Gasteiger partial charge on any atom is 0.306 e. The second kappa shape index (κ2) is 7.46. The predicted molar refractivity (Wildman–Crippen MR) is 115 cm³/mol. The number of fused-ring (bicyclic) bond motifs is 1. The summed E-state index contributed by atoms with van der Waals surface area (Å²) in [5.41, 5.74) is 1.12. The Hall–Kier alpha value is -2.26. The van der Waals surface area contributed by atoms with Crippen LogP contribution in [0.4, 0.5) is 5.69 Å². The van der Waals surface area contributed by atoms with E-state index in [9.17, 15) is 14.9 Å². The van der Waals surface area contributed by atoms with Gasteiger partial charge < -0.3 is 9.64 Å². The Morgan fingerprint density at radius 2 is 1.80 bits per heavy atom. The Labute approximate surface area is 181 Å². The number of carbonyl (C=O) groups is 2. The third-order valence-electron chi connectivity index (χ3n) is 7.39. The van der Waals surface area contributed by atoms with Gasteiger partial charge in [-0.2, -0.15) is 5.26 Å². The topological polar surface area (TPSA) is 70.4 Å². The van der Waals surface area contributed by atoms with Gasteiger partial charge in [0.2, 0.25) is 5.78 Å². The highest BCUT2D eigenvalue weighted by Crippen LogP contribution is 2.61. The van der Waals surface area contributed by atoms with E-state index in [1.165, 1.54) is 31.0 Å². The highest BCUT2D eigenvalue weighted by molar-refractivity contribution is 8.03. The van der Waals surface area contributed by atoms with Crippen molar-refractivity contribution in [1.82, 2.24) is 0 Å². The monoisotopic (exact) mass is 422 g/mol. The van der Waals surface area contributed by atoms with Gasteiger partial charge in [-0.1, -0.05) is 23.9 Å². The number of nitriles is 1. The molecule has 0 N–H and O–H groups in total. The molecular weight excluding hydrogens is 396 g/mol. The summed E-state index contributed by atoms with van der Waals surface area (Å²) in [5.74, 6) is 1.60. The summed E-state index contributed by atoms with van der Waals surface area (Å²) in [6.45, 7) is -0.359. The highest BCUT2D eigenvalue weighted by Gasteiger charge is 2.51. The summed E-state index contributed by atoms with van der Waals surface area (Å²) in [6.07, 6.45) is 7.82. The van der Waals surface area contributed by atoms with Crippen molar-refractivity contribution in [2.75, 3.05) is 18.6 Å². The first-order valence-electron chi connectivity index (χ1n) is 10.8. The molecule has 1 aromatic carbocycles. The van der Waals surface area contributed by atoms with E-state index in [2.05, 4.69) is 0 Å². The lowest BCUT2D eigenvalue weighted by atomic mass is 9.49. The molecular formula is C24H26N2O3S. The van der Waals surface area contributed by atoms with Crippen LogP contribution in [0.5, 0.6) is 0 Å². The maximum atomic E-state index is 12.7. The zero-order valence-electron chi connectivity index (χ0n) is 17.2. The number of benzene rings is 1. The van der Waals surface area contributed by atoms with E-state index in [-0.39, 0.29) is 23.6 Å². The minimum absolute atomic E-state index is 0.0568. The number of ether oxygens (including phenoxy) is 1. The molecule has 0 atom stereocenters. The van der Waals surface area contributed by atoms with E-state index < -0.39 is 5.78 Å². The van der Waals surface area contributed by atoms with Crippen LogP contribution in [0.3, 0.4) is 0 Å². The van der Waals surface area contributed by atoms with Gasteiger partial charge in [-0.15, -0.1) is 0 Å². The average Bonchev–Trinajstić information content (AvgIpc) is 3.02. The van der Waals surface area contributed by atoms with Crippen molar-refractivity contribution in [1.29, 1.82) is 5.26 Å².